The standard InChI is InChI=1S/C16H29N3O/c1-11(2)13(17-5)10-14-18-15(19-20-14)12-6-8-16(3,4)9-7-12/h11-13,17H,6-10H2,1-5H3. The van der Waals surface area contributed by atoms with Crippen molar-refractivity contribution in [1.82, 2.24) is 15.5 Å². The average Bonchev–Trinajstić information content (AvgIpc) is 2.84. The minimum absolute atomic E-state index is 0.397. The molecule has 2 rings (SSSR count). The summed E-state index contributed by atoms with van der Waals surface area (Å²) in [5.41, 5.74) is 0.484. The second-order valence-electron chi connectivity index (χ2n) is 7.33. The molecular formula is C16H29N3O. The van der Waals surface area contributed by atoms with Crippen molar-refractivity contribution in [1.29, 1.82) is 0 Å². The predicted octanol–water partition coefficient (Wildman–Crippen LogP) is 3.54. The van der Waals surface area contributed by atoms with Crippen LogP contribution in [0.5, 0.6) is 0 Å². The molecule has 0 saturated heterocycles. The molecule has 1 unspecified atom stereocenters. The number of nitrogens with zero attached hydrogens (tertiary/aromatic N) is 2. The minimum Gasteiger partial charge on any atom is -0.339 e. The van der Waals surface area contributed by atoms with Gasteiger partial charge in [-0.3, -0.25) is 0 Å². The lowest BCUT2D eigenvalue weighted by atomic mass is 9.73. The van der Waals surface area contributed by atoms with Gasteiger partial charge < -0.3 is 9.84 Å². The average molecular weight is 279 g/mol. The van der Waals surface area contributed by atoms with Gasteiger partial charge in [-0.25, -0.2) is 0 Å². The zero-order chi connectivity index (χ0) is 14.8. The molecular weight excluding hydrogens is 250 g/mol. The summed E-state index contributed by atoms with van der Waals surface area (Å²) in [6.45, 7) is 9.12. The Labute approximate surface area is 122 Å². The van der Waals surface area contributed by atoms with Gasteiger partial charge in [0.25, 0.3) is 0 Å². The first-order valence-corrected chi connectivity index (χ1v) is 7.91. The molecule has 1 N–H and O–H groups in total. The van der Waals surface area contributed by atoms with Gasteiger partial charge in [0.15, 0.2) is 5.82 Å². The summed E-state index contributed by atoms with van der Waals surface area (Å²) in [5.74, 6) is 2.76. The molecule has 1 fully saturated rings. The van der Waals surface area contributed by atoms with E-state index in [9.17, 15) is 0 Å². The Kier molecular flexibility index (Phi) is 4.84. The second kappa shape index (κ2) is 6.25. The zero-order valence-corrected chi connectivity index (χ0v) is 13.6. The van der Waals surface area contributed by atoms with Crippen molar-refractivity contribution >= 4 is 0 Å². The molecule has 20 heavy (non-hydrogen) atoms. The molecule has 114 valence electrons. The quantitative estimate of drug-likeness (QED) is 0.895. The van der Waals surface area contributed by atoms with E-state index in [1.807, 2.05) is 7.05 Å². The first kappa shape index (κ1) is 15.5. The van der Waals surface area contributed by atoms with Gasteiger partial charge in [0, 0.05) is 18.4 Å². The van der Waals surface area contributed by atoms with Gasteiger partial charge in [-0.05, 0) is 44.1 Å². The van der Waals surface area contributed by atoms with Crippen molar-refractivity contribution in [2.75, 3.05) is 7.05 Å². The second-order valence-corrected chi connectivity index (χ2v) is 7.33. The van der Waals surface area contributed by atoms with E-state index >= 15 is 0 Å². The summed E-state index contributed by atoms with van der Waals surface area (Å²) >= 11 is 0. The van der Waals surface area contributed by atoms with E-state index in [0.29, 0.717) is 23.3 Å². The third kappa shape index (κ3) is 3.81. The number of aromatic nitrogens is 2. The monoisotopic (exact) mass is 279 g/mol. The summed E-state index contributed by atoms with van der Waals surface area (Å²) in [5, 5.41) is 7.54. The molecule has 0 aromatic carbocycles. The highest BCUT2D eigenvalue weighted by molar-refractivity contribution is 5.00. The molecule has 1 atom stereocenters. The third-order valence-electron chi connectivity index (χ3n) is 4.76. The van der Waals surface area contributed by atoms with Gasteiger partial charge in [0.2, 0.25) is 5.89 Å². The molecule has 1 aliphatic carbocycles. The van der Waals surface area contributed by atoms with E-state index in [-0.39, 0.29) is 0 Å². The van der Waals surface area contributed by atoms with Gasteiger partial charge in [0.05, 0.1) is 0 Å². The van der Waals surface area contributed by atoms with E-state index in [2.05, 4.69) is 43.2 Å². The Balaban J connectivity index is 1.95. The highest BCUT2D eigenvalue weighted by Gasteiger charge is 2.30. The van der Waals surface area contributed by atoms with Crippen LogP contribution in [0.4, 0.5) is 0 Å². The molecule has 0 amide bonds. The molecule has 1 aliphatic rings. The van der Waals surface area contributed by atoms with E-state index in [1.54, 1.807) is 0 Å². The van der Waals surface area contributed by atoms with Crippen LogP contribution in [-0.2, 0) is 6.42 Å². The molecule has 0 spiro atoms. The first-order chi connectivity index (χ1) is 9.41. The summed E-state index contributed by atoms with van der Waals surface area (Å²) in [7, 11) is 1.99. The van der Waals surface area contributed by atoms with E-state index < -0.39 is 0 Å². The van der Waals surface area contributed by atoms with Crippen LogP contribution in [0.3, 0.4) is 0 Å². The number of rotatable bonds is 5. The van der Waals surface area contributed by atoms with Crippen LogP contribution in [0.2, 0.25) is 0 Å². The summed E-state index contributed by atoms with van der Waals surface area (Å²) in [6.07, 6.45) is 5.70. The fraction of sp³-hybridized carbons (Fsp3) is 0.875. The number of likely N-dealkylation sites (N-methyl/N-ethyl adjacent to an activating group) is 1. The van der Waals surface area contributed by atoms with Gasteiger partial charge in [-0.2, -0.15) is 4.98 Å². The van der Waals surface area contributed by atoms with Crippen molar-refractivity contribution < 1.29 is 4.52 Å². The zero-order valence-electron chi connectivity index (χ0n) is 13.6. The van der Waals surface area contributed by atoms with Gasteiger partial charge in [-0.15, -0.1) is 0 Å². The third-order valence-corrected chi connectivity index (χ3v) is 4.76. The number of hydrogen-bond donors (Lipinski definition) is 1. The SMILES string of the molecule is CNC(Cc1nc(C2CCC(C)(C)CC2)no1)C(C)C. The van der Waals surface area contributed by atoms with Crippen molar-refractivity contribution in [3.63, 3.8) is 0 Å². The Hall–Kier alpha value is -0.900. The van der Waals surface area contributed by atoms with Crippen LogP contribution in [0.1, 0.15) is 71.0 Å². The highest BCUT2D eigenvalue weighted by atomic mass is 16.5. The van der Waals surface area contributed by atoms with Crippen LogP contribution in [0.25, 0.3) is 0 Å². The Bertz CT molecular complexity index is 415. The maximum Gasteiger partial charge on any atom is 0.228 e. The Morgan fingerprint density at radius 1 is 1.30 bits per heavy atom. The van der Waals surface area contributed by atoms with Crippen molar-refractivity contribution in [2.45, 2.75) is 71.8 Å². The molecule has 1 aromatic rings. The highest BCUT2D eigenvalue weighted by Crippen LogP contribution is 2.41. The topological polar surface area (TPSA) is 51.0 Å². The van der Waals surface area contributed by atoms with Gasteiger partial charge >= 0.3 is 0 Å². The first-order valence-electron chi connectivity index (χ1n) is 7.91. The van der Waals surface area contributed by atoms with Crippen LogP contribution in [-0.4, -0.2) is 23.2 Å². The Morgan fingerprint density at radius 2 is 1.95 bits per heavy atom. The van der Waals surface area contributed by atoms with Crippen LogP contribution >= 0.6 is 0 Å². The summed E-state index contributed by atoms with van der Waals surface area (Å²) in [6, 6.07) is 0.397. The van der Waals surface area contributed by atoms with Gasteiger partial charge in [0.1, 0.15) is 0 Å². The molecule has 0 bridgehead atoms. The molecule has 4 heteroatoms. The molecule has 0 aliphatic heterocycles. The van der Waals surface area contributed by atoms with E-state index in [1.165, 1.54) is 25.7 Å². The maximum atomic E-state index is 5.45. The molecule has 4 nitrogen and oxygen atoms in total. The normalized spacial score (nSPS) is 21.3. The fourth-order valence-electron chi connectivity index (χ4n) is 3.03. The summed E-state index contributed by atoms with van der Waals surface area (Å²) in [4.78, 5) is 4.63. The lowest BCUT2D eigenvalue weighted by molar-refractivity contribution is 0.218. The van der Waals surface area contributed by atoms with Crippen molar-refractivity contribution in [3.8, 4) is 0 Å². The predicted molar refractivity (Wildman–Crippen MR) is 80.7 cm³/mol. The molecule has 1 aromatic heterocycles. The summed E-state index contributed by atoms with van der Waals surface area (Å²) < 4.78 is 5.45. The Morgan fingerprint density at radius 3 is 2.50 bits per heavy atom. The number of nitrogens with one attached hydrogen (secondary N) is 1. The fourth-order valence-corrected chi connectivity index (χ4v) is 3.03. The molecule has 0 radical (unpaired) electrons. The smallest absolute Gasteiger partial charge is 0.228 e. The lowest BCUT2D eigenvalue weighted by Gasteiger charge is -2.32. The lowest BCUT2D eigenvalue weighted by Crippen LogP contribution is -2.32. The maximum absolute atomic E-state index is 5.45. The minimum atomic E-state index is 0.397. The van der Waals surface area contributed by atoms with E-state index in [0.717, 1.165) is 18.1 Å². The van der Waals surface area contributed by atoms with Crippen LogP contribution < -0.4 is 5.32 Å². The van der Waals surface area contributed by atoms with E-state index in [4.69, 9.17) is 4.52 Å². The molecule has 1 heterocycles. The van der Waals surface area contributed by atoms with Gasteiger partial charge in [-0.1, -0.05) is 32.9 Å². The number of hydrogen-bond acceptors (Lipinski definition) is 4. The van der Waals surface area contributed by atoms with Crippen molar-refractivity contribution in [3.05, 3.63) is 11.7 Å². The van der Waals surface area contributed by atoms with Crippen LogP contribution in [0.15, 0.2) is 4.52 Å². The largest absolute Gasteiger partial charge is 0.339 e. The van der Waals surface area contributed by atoms with Crippen LogP contribution in [0, 0.1) is 11.3 Å². The molecule has 1 saturated carbocycles. The van der Waals surface area contributed by atoms with Crippen molar-refractivity contribution in [2.24, 2.45) is 11.3 Å².